The number of nitrogens with zero attached hydrogens (tertiary/aromatic N) is 5. The summed E-state index contributed by atoms with van der Waals surface area (Å²) in [4.78, 5) is 12.8. The van der Waals surface area contributed by atoms with Crippen LogP contribution in [0.1, 0.15) is 58.7 Å². The minimum atomic E-state index is -0.858. The molecule has 0 unspecified atom stereocenters. The summed E-state index contributed by atoms with van der Waals surface area (Å²) >= 11 is 0. The van der Waals surface area contributed by atoms with Crippen molar-refractivity contribution in [2.75, 3.05) is 6.61 Å². The Hall–Kier alpha value is -6.08. The predicted molar refractivity (Wildman–Crippen MR) is 197 cm³/mol. The molecule has 2 heterocycles. The number of hydrogen-bond acceptors (Lipinski definition) is 5. The van der Waals surface area contributed by atoms with Crippen LogP contribution < -0.4 is 0 Å². The van der Waals surface area contributed by atoms with E-state index in [9.17, 15) is 4.79 Å². The second kappa shape index (κ2) is 14.6. The largest absolute Gasteiger partial charge is 0.461 e. The van der Waals surface area contributed by atoms with Crippen LogP contribution in [0.5, 0.6) is 0 Å². The minimum Gasteiger partial charge on any atom is -0.461 e. The SMILES string of the molecule is CCCc1ccc(C(=O)OCC)n1Cc1ccc(-c2ccccc2-c2nnnn2C(c2ccccc2)(c2ccccc2)c2ccccc2)cc1. The summed E-state index contributed by atoms with van der Waals surface area (Å²) in [7, 11) is 0. The lowest BCUT2D eigenvalue weighted by atomic mass is 9.77. The van der Waals surface area contributed by atoms with Gasteiger partial charge in [0.1, 0.15) is 11.2 Å². The quantitative estimate of drug-likeness (QED) is 0.0970. The highest BCUT2D eigenvalue weighted by molar-refractivity contribution is 5.88. The van der Waals surface area contributed by atoms with Crippen LogP contribution in [0.15, 0.2) is 152 Å². The Morgan fingerprint density at radius 1 is 0.660 bits per heavy atom. The maximum atomic E-state index is 12.8. The fourth-order valence-corrected chi connectivity index (χ4v) is 6.94. The van der Waals surface area contributed by atoms with E-state index in [1.54, 1.807) is 0 Å². The fourth-order valence-electron chi connectivity index (χ4n) is 6.94. The van der Waals surface area contributed by atoms with E-state index in [0.29, 0.717) is 24.7 Å². The third-order valence-corrected chi connectivity index (χ3v) is 9.20. The molecule has 0 atom stereocenters. The number of aromatic nitrogens is 5. The first kappa shape index (κ1) is 32.5. The topological polar surface area (TPSA) is 74.8 Å². The van der Waals surface area contributed by atoms with Crippen LogP contribution in [-0.2, 0) is 23.2 Å². The normalized spacial score (nSPS) is 11.4. The van der Waals surface area contributed by atoms with Crippen LogP contribution >= 0.6 is 0 Å². The van der Waals surface area contributed by atoms with Gasteiger partial charge in [0.15, 0.2) is 5.82 Å². The third kappa shape index (κ3) is 6.03. The van der Waals surface area contributed by atoms with Gasteiger partial charge in [-0.15, -0.1) is 5.10 Å². The molecule has 0 aliphatic rings. The highest BCUT2D eigenvalue weighted by atomic mass is 16.5. The third-order valence-electron chi connectivity index (χ3n) is 9.20. The number of esters is 1. The smallest absolute Gasteiger partial charge is 0.354 e. The maximum absolute atomic E-state index is 12.8. The van der Waals surface area contributed by atoms with E-state index in [4.69, 9.17) is 15.0 Å². The van der Waals surface area contributed by atoms with Crippen molar-refractivity contribution in [2.45, 2.75) is 38.8 Å². The number of benzene rings is 5. The molecule has 2 aromatic heterocycles. The molecular formula is C43H39N5O2. The fraction of sp³-hybridized carbons (Fsp3) is 0.163. The molecule has 7 aromatic rings. The monoisotopic (exact) mass is 657 g/mol. The molecule has 248 valence electrons. The van der Waals surface area contributed by atoms with E-state index in [-0.39, 0.29) is 5.97 Å². The van der Waals surface area contributed by atoms with Crippen LogP contribution in [-0.4, -0.2) is 37.4 Å². The van der Waals surface area contributed by atoms with Gasteiger partial charge >= 0.3 is 5.97 Å². The molecule has 0 fully saturated rings. The van der Waals surface area contributed by atoms with Crippen molar-refractivity contribution in [1.82, 2.24) is 24.8 Å². The maximum Gasteiger partial charge on any atom is 0.354 e. The average molecular weight is 658 g/mol. The van der Waals surface area contributed by atoms with Crippen molar-refractivity contribution in [3.05, 3.63) is 185 Å². The molecule has 0 radical (unpaired) electrons. The first-order valence-electron chi connectivity index (χ1n) is 17.1. The molecule has 7 nitrogen and oxygen atoms in total. The predicted octanol–water partition coefficient (Wildman–Crippen LogP) is 8.83. The second-order valence-electron chi connectivity index (χ2n) is 12.2. The Labute approximate surface area is 292 Å². The first-order valence-corrected chi connectivity index (χ1v) is 17.1. The molecule has 0 aliphatic heterocycles. The molecule has 0 saturated carbocycles. The molecule has 0 aliphatic carbocycles. The first-order chi connectivity index (χ1) is 24.6. The van der Waals surface area contributed by atoms with Gasteiger partial charge in [0.05, 0.1) is 6.61 Å². The number of aryl methyl sites for hydroxylation is 1. The number of carbonyl (C=O) groups excluding carboxylic acids is 1. The van der Waals surface area contributed by atoms with E-state index >= 15 is 0 Å². The Bertz CT molecular complexity index is 2080. The summed E-state index contributed by atoms with van der Waals surface area (Å²) in [6.07, 6.45) is 1.87. The van der Waals surface area contributed by atoms with Crippen molar-refractivity contribution in [3.8, 4) is 22.5 Å². The lowest BCUT2D eigenvalue weighted by Crippen LogP contribution is -2.39. The van der Waals surface area contributed by atoms with E-state index < -0.39 is 5.54 Å². The van der Waals surface area contributed by atoms with Crippen LogP contribution in [0.3, 0.4) is 0 Å². The van der Waals surface area contributed by atoms with E-state index in [1.807, 2.05) is 54.1 Å². The molecule has 0 saturated heterocycles. The van der Waals surface area contributed by atoms with Gasteiger partial charge in [-0.2, -0.15) is 0 Å². The molecular weight excluding hydrogens is 619 g/mol. The van der Waals surface area contributed by atoms with Gasteiger partial charge in [0.2, 0.25) is 0 Å². The lowest BCUT2D eigenvalue weighted by Gasteiger charge is -2.36. The van der Waals surface area contributed by atoms with Gasteiger partial charge in [-0.3, -0.25) is 0 Å². The standard InChI is InChI=1S/C43H39N5O2/c1-3-16-37-29-30-40(42(49)50-4-2)47(37)31-32-25-27-33(28-26-32)38-23-14-15-24-39(38)41-44-45-46-48(41)43(34-17-8-5-9-18-34,35-19-10-6-11-20-35)36-21-12-7-13-22-36/h5-15,17-30H,3-4,16,31H2,1-2H3. The Morgan fingerprint density at radius 3 is 1.78 bits per heavy atom. The van der Waals surface area contributed by atoms with Gasteiger partial charge in [-0.05, 0) is 69.3 Å². The molecule has 0 bridgehead atoms. The van der Waals surface area contributed by atoms with Crippen molar-refractivity contribution in [3.63, 3.8) is 0 Å². The Balaban J connectivity index is 1.33. The second-order valence-corrected chi connectivity index (χ2v) is 12.2. The molecule has 0 amide bonds. The molecule has 0 spiro atoms. The summed E-state index contributed by atoms with van der Waals surface area (Å²) in [5.74, 6) is 0.354. The van der Waals surface area contributed by atoms with E-state index in [2.05, 4.69) is 126 Å². The van der Waals surface area contributed by atoms with E-state index in [0.717, 1.165) is 57.5 Å². The summed E-state index contributed by atoms with van der Waals surface area (Å²) in [5.41, 5.74) is 8.03. The van der Waals surface area contributed by atoms with Crippen molar-refractivity contribution in [2.24, 2.45) is 0 Å². The summed E-state index contributed by atoms with van der Waals surface area (Å²) in [6, 6.07) is 52.0. The van der Waals surface area contributed by atoms with Crippen molar-refractivity contribution >= 4 is 5.97 Å². The van der Waals surface area contributed by atoms with Gasteiger partial charge in [0.25, 0.3) is 0 Å². The molecule has 0 N–H and O–H groups in total. The van der Waals surface area contributed by atoms with Gasteiger partial charge in [-0.1, -0.05) is 153 Å². The summed E-state index contributed by atoms with van der Waals surface area (Å²) < 4.78 is 9.41. The summed E-state index contributed by atoms with van der Waals surface area (Å²) in [5, 5.41) is 13.8. The molecule has 50 heavy (non-hydrogen) atoms. The van der Waals surface area contributed by atoms with Crippen LogP contribution in [0.4, 0.5) is 0 Å². The lowest BCUT2D eigenvalue weighted by molar-refractivity contribution is 0.0514. The van der Waals surface area contributed by atoms with Crippen molar-refractivity contribution < 1.29 is 9.53 Å². The van der Waals surface area contributed by atoms with Gasteiger partial charge in [0, 0.05) is 17.8 Å². The highest BCUT2D eigenvalue weighted by Crippen LogP contribution is 2.43. The van der Waals surface area contributed by atoms with Crippen LogP contribution in [0.25, 0.3) is 22.5 Å². The zero-order chi connectivity index (χ0) is 34.3. The molecule has 7 rings (SSSR count). The van der Waals surface area contributed by atoms with E-state index in [1.165, 1.54) is 0 Å². The number of tetrazole rings is 1. The molecule has 5 aromatic carbocycles. The molecule has 7 heteroatoms. The number of rotatable bonds is 12. The summed E-state index contributed by atoms with van der Waals surface area (Å²) in [6.45, 7) is 4.89. The number of hydrogen-bond donors (Lipinski definition) is 0. The highest BCUT2D eigenvalue weighted by Gasteiger charge is 2.42. The number of ether oxygens (including phenoxy) is 1. The Morgan fingerprint density at radius 2 is 1.22 bits per heavy atom. The van der Waals surface area contributed by atoms with Crippen LogP contribution in [0.2, 0.25) is 0 Å². The van der Waals surface area contributed by atoms with Crippen molar-refractivity contribution in [1.29, 1.82) is 0 Å². The minimum absolute atomic E-state index is 0.296. The number of carbonyl (C=O) groups is 1. The zero-order valence-electron chi connectivity index (χ0n) is 28.3. The van der Waals surface area contributed by atoms with Gasteiger partial charge < -0.3 is 9.30 Å². The average Bonchev–Trinajstić information content (AvgIpc) is 3.82. The Kier molecular flexibility index (Phi) is 9.47. The van der Waals surface area contributed by atoms with Gasteiger partial charge in [-0.25, -0.2) is 9.48 Å². The van der Waals surface area contributed by atoms with Crippen LogP contribution in [0, 0.1) is 0 Å². The zero-order valence-corrected chi connectivity index (χ0v) is 28.3.